The molecule has 0 aliphatic rings. The van der Waals surface area contributed by atoms with E-state index in [9.17, 15) is 9.18 Å². The van der Waals surface area contributed by atoms with Crippen molar-refractivity contribution in [1.29, 1.82) is 5.41 Å². The van der Waals surface area contributed by atoms with Gasteiger partial charge in [0, 0.05) is 23.0 Å². The number of fused-ring (bicyclic) bond motifs is 1. The summed E-state index contributed by atoms with van der Waals surface area (Å²) in [7, 11) is 0. The maximum absolute atomic E-state index is 14.0. The fourth-order valence-electron chi connectivity index (χ4n) is 5.80. The number of carbonyl (C=O) groups excluding carboxylic acids is 1. The summed E-state index contributed by atoms with van der Waals surface area (Å²) in [5.41, 5.74) is 9.16. The van der Waals surface area contributed by atoms with Crippen LogP contribution in [0.2, 0.25) is 0 Å². The standard InChI is InChI=1S/C37H33FN6O/c1-36(2,3)43-35(45)29-23-44(34-33(29)42-31(22-41-34)32(40)28-20-19-27(38)21-30(28)39)37(24-13-7-4-8-14-24,25-15-9-5-10-16-25)26-17-11-6-12-18-26/h4-23,40H,39H2,1-3H3,(H,43,45). The number of nitrogens with one attached hydrogen (secondary N) is 2. The van der Waals surface area contributed by atoms with Crippen LogP contribution in [0.4, 0.5) is 10.1 Å². The van der Waals surface area contributed by atoms with Gasteiger partial charge in [0.05, 0.1) is 17.5 Å². The van der Waals surface area contributed by atoms with Gasteiger partial charge < -0.3 is 15.6 Å². The molecule has 0 aliphatic carbocycles. The molecule has 6 rings (SSSR count). The number of aromatic nitrogens is 3. The third kappa shape index (κ3) is 5.35. The lowest BCUT2D eigenvalue weighted by molar-refractivity contribution is 0.0920. The molecule has 1 amide bonds. The van der Waals surface area contributed by atoms with Crippen molar-refractivity contribution in [2.45, 2.75) is 31.8 Å². The van der Waals surface area contributed by atoms with Crippen LogP contribution in [-0.4, -0.2) is 31.7 Å². The van der Waals surface area contributed by atoms with Crippen LogP contribution in [0, 0.1) is 11.2 Å². The molecule has 45 heavy (non-hydrogen) atoms. The molecular weight excluding hydrogens is 563 g/mol. The maximum atomic E-state index is 14.0. The predicted octanol–water partition coefficient (Wildman–Crippen LogP) is 6.94. The largest absolute Gasteiger partial charge is 0.398 e. The third-order valence-corrected chi connectivity index (χ3v) is 7.70. The zero-order chi connectivity index (χ0) is 31.8. The zero-order valence-corrected chi connectivity index (χ0v) is 25.3. The molecule has 0 spiro atoms. The Morgan fingerprint density at radius 1 is 0.822 bits per heavy atom. The molecule has 0 saturated heterocycles. The summed E-state index contributed by atoms with van der Waals surface area (Å²) in [6.45, 7) is 5.74. The van der Waals surface area contributed by atoms with Crippen LogP contribution in [0.25, 0.3) is 11.2 Å². The molecule has 0 fully saturated rings. The van der Waals surface area contributed by atoms with Gasteiger partial charge in [0.25, 0.3) is 5.91 Å². The first-order valence-electron chi connectivity index (χ1n) is 14.6. The molecule has 6 aromatic rings. The summed E-state index contributed by atoms with van der Waals surface area (Å²) >= 11 is 0. The Kier molecular flexibility index (Phi) is 7.50. The molecule has 0 unspecified atom stereocenters. The first-order chi connectivity index (χ1) is 21.6. The van der Waals surface area contributed by atoms with Crippen molar-refractivity contribution in [1.82, 2.24) is 19.9 Å². The van der Waals surface area contributed by atoms with Gasteiger partial charge in [0.1, 0.15) is 22.6 Å². The third-order valence-electron chi connectivity index (χ3n) is 7.70. The van der Waals surface area contributed by atoms with Crippen molar-refractivity contribution in [3.05, 3.63) is 161 Å². The number of nitrogens with zero attached hydrogens (tertiary/aromatic N) is 3. The minimum absolute atomic E-state index is 0.0303. The molecule has 4 N–H and O–H groups in total. The van der Waals surface area contributed by atoms with E-state index in [4.69, 9.17) is 21.1 Å². The van der Waals surface area contributed by atoms with E-state index in [0.717, 1.165) is 16.7 Å². The van der Waals surface area contributed by atoms with Crippen molar-refractivity contribution in [2.75, 3.05) is 5.73 Å². The second-order valence-corrected chi connectivity index (χ2v) is 12.0. The van der Waals surface area contributed by atoms with Crippen molar-refractivity contribution >= 4 is 28.5 Å². The summed E-state index contributed by atoms with van der Waals surface area (Å²) in [6.07, 6.45) is 3.31. The number of nitrogen functional groups attached to an aromatic ring is 1. The number of benzene rings is 4. The zero-order valence-electron chi connectivity index (χ0n) is 25.3. The minimum Gasteiger partial charge on any atom is -0.398 e. The van der Waals surface area contributed by atoms with Gasteiger partial charge in [-0.2, -0.15) is 0 Å². The van der Waals surface area contributed by atoms with Crippen LogP contribution < -0.4 is 11.1 Å². The summed E-state index contributed by atoms with van der Waals surface area (Å²) in [4.78, 5) is 23.7. The first-order valence-corrected chi connectivity index (χ1v) is 14.6. The molecule has 0 aliphatic heterocycles. The molecule has 0 radical (unpaired) electrons. The Hall–Kier alpha value is -5.63. The Bertz CT molecular complexity index is 1920. The summed E-state index contributed by atoms with van der Waals surface area (Å²) in [5, 5.41) is 12.0. The van der Waals surface area contributed by atoms with Gasteiger partial charge in [0.15, 0.2) is 5.65 Å². The SMILES string of the molecule is CC(C)(C)NC(=O)c1cn(C(c2ccccc2)(c2ccccc2)c2ccccc2)c2ncc(C(=N)c3ccc(F)cc3N)nc12. The van der Waals surface area contributed by atoms with E-state index in [-0.39, 0.29) is 23.0 Å². The van der Waals surface area contributed by atoms with Crippen LogP contribution in [0.3, 0.4) is 0 Å². The van der Waals surface area contributed by atoms with Crippen molar-refractivity contribution in [3.8, 4) is 0 Å². The van der Waals surface area contributed by atoms with Gasteiger partial charge in [-0.15, -0.1) is 0 Å². The average molecular weight is 597 g/mol. The maximum Gasteiger partial charge on any atom is 0.255 e. The number of nitrogens with two attached hydrogens (primary N) is 1. The van der Waals surface area contributed by atoms with E-state index in [2.05, 4.69) is 41.7 Å². The quantitative estimate of drug-likeness (QED) is 0.105. The molecule has 7 nitrogen and oxygen atoms in total. The summed E-state index contributed by atoms with van der Waals surface area (Å²) < 4.78 is 15.8. The fraction of sp³-hybridized carbons (Fsp3) is 0.135. The first kappa shape index (κ1) is 29.4. The van der Waals surface area contributed by atoms with E-state index >= 15 is 0 Å². The second kappa shape index (κ2) is 11.5. The van der Waals surface area contributed by atoms with Crippen LogP contribution in [-0.2, 0) is 5.54 Å². The summed E-state index contributed by atoms with van der Waals surface area (Å²) in [6, 6.07) is 34.1. The van der Waals surface area contributed by atoms with Crippen LogP contribution in [0.15, 0.2) is 122 Å². The number of hydrogen-bond acceptors (Lipinski definition) is 5. The van der Waals surface area contributed by atoms with Gasteiger partial charge in [-0.25, -0.2) is 14.4 Å². The van der Waals surface area contributed by atoms with Gasteiger partial charge in [-0.1, -0.05) is 91.0 Å². The molecule has 0 saturated carbocycles. The highest BCUT2D eigenvalue weighted by atomic mass is 19.1. The van der Waals surface area contributed by atoms with Crippen molar-refractivity contribution < 1.29 is 9.18 Å². The number of amides is 1. The number of hydrogen-bond donors (Lipinski definition) is 3. The number of rotatable bonds is 7. The second-order valence-electron chi connectivity index (χ2n) is 12.0. The topological polar surface area (TPSA) is 110 Å². The Morgan fingerprint density at radius 2 is 1.36 bits per heavy atom. The number of carbonyl (C=O) groups is 1. The van der Waals surface area contributed by atoms with Gasteiger partial charge in [0.2, 0.25) is 0 Å². The van der Waals surface area contributed by atoms with Crippen molar-refractivity contribution in [3.63, 3.8) is 0 Å². The lowest BCUT2D eigenvalue weighted by Crippen LogP contribution is -2.40. The lowest BCUT2D eigenvalue weighted by Gasteiger charge is -2.38. The highest BCUT2D eigenvalue weighted by Gasteiger charge is 2.41. The molecule has 4 aromatic carbocycles. The highest BCUT2D eigenvalue weighted by Crippen LogP contribution is 2.43. The van der Waals surface area contributed by atoms with Gasteiger partial charge in [-0.05, 0) is 55.7 Å². The van der Waals surface area contributed by atoms with Gasteiger partial charge in [-0.3, -0.25) is 10.2 Å². The number of anilines is 1. The molecule has 2 heterocycles. The molecule has 8 heteroatoms. The van der Waals surface area contributed by atoms with E-state index < -0.39 is 16.9 Å². The normalized spacial score (nSPS) is 11.8. The van der Waals surface area contributed by atoms with E-state index in [1.54, 1.807) is 6.20 Å². The summed E-state index contributed by atoms with van der Waals surface area (Å²) in [5.74, 6) is -0.823. The predicted molar refractivity (Wildman–Crippen MR) is 176 cm³/mol. The monoisotopic (exact) mass is 596 g/mol. The highest BCUT2D eigenvalue weighted by molar-refractivity contribution is 6.14. The van der Waals surface area contributed by atoms with Crippen LogP contribution >= 0.6 is 0 Å². The molecular formula is C37H33FN6O. The molecule has 2 aromatic heterocycles. The minimum atomic E-state index is -0.951. The van der Waals surface area contributed by atoms with Crippen LogP contribution in [0.1, 0.15) is 59.1 Å². The smallest absolute Gasteiger partial charge is 0.255 e. The van der Waals surface area contributed by atoms with Crippen molar-refractivity contribution in [2.24, 2.45) is 0 Å². The molecule has 224 valence electrons. The van der Waals surface area contributed by atoms with E-state index in [1.807, 2.05) is 79.9 Å². The molecule has 0 bridgehead atoms. The fourth-order valence-corrected chi connectivity index (χ4v) is 5.80. The number of halogens is 1. The Morgan fingerprint density at radius 3 is 1.84 bits per heavy atom. The Balaban J connectivity index is 1.69. The van der Waals surface area contributed by atoms with E-state index in [0.29, 0.717) is 22.3 Å². The average Bonchev–Trinajstić information content (AvgIpc) is 3.41. The Labute approximate surface area is 261 Å². The van der Waals surface area contributed by atoms with E-state index in [1.165, 1.54) is 24.4 Å². The molecule has 0 atom stereocenters. The van der Waals surface area contributed by atoms with Crippen LogP contribution in [0.5, 0.6) is 0 Å². The lowest BCUT2D eigenvalue weighted by atomic mass is 9.76. The van der Waals surface area contributed by atoms with Gasteiger partial charge >= 0.3 is 0 Å².